The van der Waals surface area contributed by atoms with Crippen molar-refractivity contribution in [3.63, 3.8) is 0 Å². The first kappa shape index (κ1) is 16.8. The van der Waals surface area contributed by atoms with Gasteiger partial charge >= 0.3 is 18.3 Å². The van der Waals surface area contributed by atoms with Gasteiger partial charge in [-0.05, 0) is 6.92 Å². The zero-order chi connectivity index (χ0) is 14.6. The van der Waals surface area contributed by atoms with E-state index in [-0.39, 0.29) is 5.57 Å². The smallest absolute Gasteiger partial charge is 0.412 e. The number of rotatable bonds is 5. The molecule has 0 atom stereocenters. The Labute approximate surface area is 98.8 Å². The highest BCUT2D eigenvalue weighted by Crippen LogP contribution is 2.32. The first-order valence-electron chi connectivity index (χ1n) is 4.65. The van der Waals surface area contributed by atoms with Gasteiger partial charge in [0.25, 0.3) is 0 Å². The Bertz CT molecular complexity index is 295. The van der Waals surface area contributed by atoms with E-state index < -0.39 is 37.5 Å². The fourth-order valence-corrected chi connectivity index (χ4v) is 0.887. The number of nitrogens with one attached hydrogen (secondary N) is 1. The maximum Gasteiger partial charge on any atom is 0.412 e. The van der Waals surface area contributed by atoms with Crippen LogP contribution in [-0.4, -0.2) is 37.5 Å². The topological polar surface area (TPSA) is 38.3 Å². The molecule has 0 amide bonds. The second-order valence-electron chi connectivity index (χ2n) is 3.39. The van der Waals surface area contributed by atoms with Crippen molar-refractivity contribution >= 4 is 5.97 Å². The van der Waals surface area contributed by atoms with Crippen LogP contribution >= 0.6 is 0 Å². The highest BCUT2D eigenvalue weighted by Gasteiger charge is 2.56. The van der Waals surface area contributed by atoms with E-state index in [1.807, 2.05) is 0 Å². The Kier molecular flexibility index (Phi) is 5.65. The van der Waals surface area contributed by atoms with Crippen molar-refractivity contribution in [2.75, 3.05) is 13.2 Å². The summed E-state index contributed by atoms with van der Waals surface area (Å²) in [7, 11) is 0. The van der Waals surface area contributed by atoms with E-state index in [2.05, 4.69) is 11.3 Å². The van der Waals surface area contributed by atoms with Gasteiger partial charge in [-0.15, -0.1) is 0 Å². The largest absolute Gasteiger partial charge is 0.461 e. The Hall–Kier alpha value is -1.25. The van der Waals surface area contributed by atoms with Gasteiger partial charge in [-0.25, -0.2) is 4.79 Å². The molecule has 1 N–H and O–H groups in total. The molecule has 106 valence electrons. The van der Waals surface area contributed by atoms with E-state index in [1.165, 1.54) is 12.2 Å². The predicted molar refractivity (Wildman–Crippen MR) is 49.7 cm³/mol. The second-order valence-corrected chi connectivity index (χ2v) is 3.39. The van der Waals surface area contributed by atoms with Crippen LogP contribution in [0.2, 0.25) is 0 Å². The molecular weight excluding hydrogens is 268 g/mol. The van der Waals surface area contributed by atoms with E-state index in [9.17, 15) is 31.1 Å². The highest BCUT2D eigenvalue weighted by atomic mass is 19.4. The van der Waals surface area contributed by atoms with Gasteiger partial charge < -0.3 is 4.74 Å². The lowest BCUT2D eigenvalue weighted by Crippen LogP contribution is -2.53. The molecule has 0 spiro atoms. The molecule has 9 heteroatoms. The molecule has 0 rings (SSSR count). The van der Waals surface area contributed by atoms with Gasteiger partial charge in [0, 0.05) is 12.1 Å². The van der Waals surface area contributed by atoms with Gasteiger partial charge in [-0.1, -0.05) is 6.58 Å². The number of hydrogen-bond acceptors (Lipinski definition) is 3. The molecule has 0 aliphatic heterocycles. The lowest BCUT2D eigenvalue weighted by atomic mass is 10.3. The van der Waals surface area contributed by atoms with Crippen molar-refractivity contribution < 1.29 is 35.9 Å². The van der Waals surface area contributed by atoms with Gasteiger partial charge in [0.2, 0.25) is 6.04 Å². The van der Waals surface area contributed by atoms with E-state index in [1.54, 1.807) is 0 Å². The highest BCUT2D eigenvalue weighted by molar-refractivity contribution is 5.86. The molecule has 0 bridgehead atoms. The number of carbonyl (C=O) groups excluding carboxylic acids is 1. The van der Waals surface area contributed by atoms with Gasteiger partial charge in [0.05, 0.1) is 0 Å². The third kappa shape index (κ3) is 5.89. The Morgan fingerprint density at radius 2 is 1.67 bits per heavy atom. The molecule has 0 aliphatic rings. The van der Waals surface area contributed by atoms with Crippen molar-refractivity contribution in [1.29, 1.82) is 0 Å². The molecular formula is C9H11F6NO2. The summed E-state index contributed by atoms with van der Waals surface area (Å²) in [6, 6.07) is -3.64. The maximum atomic E-state index is 12.0. The minimum atomic E-state index is -5.46. The van der Waals surface area contributed by atoms with Gasteiger partial charge in [0.1, 0.15) is 6.61 Å². The summed E-state index contributed by atoms with van der Waals surface area (Å²) in [5, 5.41) is 1.24. The molecule has 0 fully saturated rings. The molecule has 0 aromatic carbocycles. The average molecular weight is 279 g/mol. The maximum absolute atomic E-state index is 12.0. The van der Waals surface area contributed by atoms with Crippen LogP contribution in [0, 0.1) is 0 Å². The van der Waals surface area contributed by atoms with Crippen molar-refractivity contribution in [2.45, 2.75) is 25.3 Å². The minimum Gasteiger partial charge on any atom is -0.461 e. The first-order valence-corrected chi connectivity index (χ1v) is 4.65. The fraction of sp³-hybridized carbons (Fsp3) is 0.667. The van der Waals surface area contributed by atoms with E-state index in [4.69, 9.17) is 0 Å². The summed E-state index contributed by atoms with van der Waals surface area (Å²) in [4.78, 5) is 10.8. The van der Waals surface area contributed by atoms with Crippen LogP contribution in [0.4, 0.5) is 26.3 Å². The zero-order valence-electron chi connectivity index (χ0n) is 9.28. The minimum absolute atomic E-state index is 0.00167. The van der Waals surface area contributed by atoms with Crippen LogP contribution in [-0.2, 0) is 9.53 Å². The molecule has 0 radical (unpaired) electrons. The van der Waals surface area contributed by atoms with Crippen molar-refractivity contribution in [2.24, 2.45) is 0 Å². The van der Waals surface area contributed by atoms with Crippen molar-refractivity contribution in [3.05, 3.63) is 12.2 Å². The number of alkyl halides is 6. The van der Waals surface area contributed by atoms with E-state index >= 15 is 0 Å². The second kappa shape index (κ2) is 6.07. The summed E-state index contributed by atoms with van der Waals surface area (Å²) < 4.78 is 76.5. The molecule has 0 saturated heterocycles. The molecule has 0 saturated carbocycles. The summed E-state index contributed by atoms with van der Waals surface area (Å²) >= 11 is 0. The lowest BCUT2D eigenvalue weighted by molar-refractivity contribution is -0.258. The molecule has 0 unspecified atom stereocenters. The average Bonchev–Trinajstić information content (AvgIpc) is 2.12. The summed E-state index contributed by atoms with van der Waals surface area (Å²) in [6.45, 7) is 3.10. The van der Waals surface area contributed by atoms with Crippen LogP contribution in [0.25, 0.3) is 0 Å². The number of carbonyl (C=O) groups is 1. The van der Waals surface area contributed by atoms with Crippen molar-refractivity contribution in [3.8, 4) is 0 Å². The quantitative estimate of drug-likeness (QED) is 0.363. The van der Waals surface area contributed by atoms with E-state index in [0.717, 1.165) is 0 Å². The van der Waals surface area contributed by atoms with Crippen LogP contribution in [0.3, 0.4) is 0 Å². The molecule has 18 heavy (non-hydrogen) atoms. The Balaban J connectivity index is 4.24. The summed E-state index contributed by atoms with van der Waals surface area (Å²) in [6.07, 6.45) is -10.9. The number of ether oxygens (including phenoxy) is 1. The van der Waals surface area contributed by atoms with Crippen LogP contribution < -0.4 is 5.32 Å². The number of hydrogen-bond donors (Lipinski definition) is 1. The van der Waals surface area contributed by atoms with Gasteiger partial charge in [0.15, 0.2) is 0 Å². The van der Waals surface area contributed by atoms with Crippen molar-refractivity contribution in [1.82, 2.24) is 5.32 Å². The normalized spacial score (nSPS) is 12.7. The van der Waals surface area contributed by atoms with Crippen LogP contribution in [0.1, 0.15) is 6.92 Å². The number of halogens is 6. The SMILES string of the molecule is C=C(C)C(=O)OCCNC(C(F)(F)F)C(F)(F)F. The third-order valence-electron chi connectivity index (χ3n) is 1.69. The third-order valence-corrected chi connectivity index (χ3v) is 1.69. The Morgan fingerprint density at radius 1 is 1.22 bits per heavy atom. The van der Waals surface area contributed by atoms with E-state index in [0.29, 0.717) is 0 Å². The number of esters is 1. The predicted octanol–water partition coefficient (Wildman–Crippen LogP) is 2.19. The first-order chi connectivity index (χ1) is 7.96. The fourth-order valence-electron chi connectivity index (χ4n) is 0.887. The molecule has 3 nitrogen and oxygen atoms in total. The van der Waals surface area contributed by atoms with Gasteiger partial charge in [-0.3, -0.25) is 5.32 Å². The molecule has 0 aliphatic carbocycles. The summed E-state index contributed by atoms with van der Waals surface area (Å²) in [5.74, 6) is -0.882. The zero-order valence-corrected chi connectivity index (χ0v) is 9.28. The molecule has 0 aromatic rings. The standard InChI is InChI=1S/C9H11F6NO2/c1-5(2)6(17)18-4-3-16-7(8(10,11)12)9(13,14)15/h7,16H,1,3-4H2,2H3. The van der Waals surface area contributed by atoms with Crippen LogP contribution in [0.15, 0.2) is 12.2 Å². The van der Waals surface area contributed by atoms with Crippen LogP contribution in [0.5, 0.6) is 0 Å². The lowest BCUT2D eigenvalue weighted by Gasteiger charge is -2.23. The molecule has 0 aromatic heterocycles. The van der Waals surface area contributed by atoms with Gasteiger partial charge in [-0.2, -0.15) is 26.3 Å². The molecule has 0 heterocycles. The Morgan fingerprint density at radius 3 is 2.00 bits per heavy atom. The summed E-state index contributed by atoms with van der Waals surface area (Å²) in [5.41, 5.74) is -0.00167. The monoisotopic (exact) mass is 279 g/mol.